The summed E-state index contributed by atoms with van der Waals surface area (Å²) in [5, 5.41) is 13.4. The Labute approximate surface area is 119 Å². The lowest BCUT2D eigenvalue weighted by Gasteiger charge is -2.09. The van der Waals surface area contributed by atoms with Gasteiger partial charge in [0.1, 0.15) is 12.1 Å². The zero-order valence-electron chi connectivity index (χ0n) is 10.8. The number of carbonyl (C=O) groups excluding carboxylic acids is 1. The van der Waals surface area contributed by atoms with Gasteiger partial charge in [0.2, 0.25) is 0 Å². The van der Waals surface area contributed by atoms with Crippen molar-refractivity contribution in [1.29, 1.82) is 0 Å². The van der Waals surface area contributed by atoms with Crippen LogP contribution in [0.15, 0.2) is 54.9 Å². The second-order valence-corrected chi connectivity index (χ2v) is 4.24. The summed E-state index contributed by atoms with van der Waals surface area (Å²) in [4.78, 5) is 12.3. The van der Waals surface area contributed by atoms with Gasteiger partial charge >= 0.3 is 0 Å². The van der Waals surface area contributed by atoms with Crippen molar-refractivity contribution >= 4 is 11.6 Å². The molecule has 7 heteroatoms. The fraction of sp³-hybridized carbons (Fsp3) is 0. The first-order valence-electron chi connectivity index (χ1n) is 6.13. The summed E-state index contributed by atoms with van der Waals surface area (Å²) >= 11 is 0. The van der Waals surface area contributed by atoms with Gasteiger partial charge in [-0.1, -0.05) is 18.2 Å². The quantitative estimate of drug-likeness (QED) is 0.798. The number of halogens is 1. The number of rotatable bonds is 3. The second kappa shape index (κ2) is 5.49. The van der Waals surface area contributed by atoms with E-state index in [2.05, 4.69) is 20.8 Å². The van der Waals surface area contributed by atoms with Gasteiger partial charge in [-0.25, -0.2) is 4.39 Å². The predicted octanol–water partition coefficient (Wildman–Crippen LogP) is 2.05. The zero-order valence-corrected chi connectivity index (χ0v) is 10.8. The molecule has 104 valence electrons. The van der Waals surface area contributed by atoms with Gasteiger partial charge in [0.25, 0.3) is 5.91 Å². The van der Waals surface area contributed by atoms with Gasteiger partial charge in [0.15, 0.2) is 0 Å². The Kier molecular flexibility index (Phi) is 3.38. The monoisotopic (exact) mass is 283 g/mol. The highest BCUT2D eigenvalue weighted by atomic mass is 19.1. The smallest absolute Gasteiger partial charge is 0.257 e. The molecule has 1 amide bonds. The number of tetrazole rings is 1. The Hall–Kier alpha value is -3.09. The largest absolute Gasteiger partial charge is 0.322 e. The van der Waals surface area contributed by atoms with Crippen LogP contribution < -0.4 is 5.32 Å². The van der Waals surface area contributed by atoms with E-state index < -0.39 is 5.82 Å². The molecule has 0 aliphatic carbocycles. The van der Waals surface area contributed by atoms with E-state index in [1.165, 1.54) is 29.2 Å². The van der Waals surface area contributed by atoms with Crippen LogP contribution in [0.2, 0.25) is 0 Å². The molecule has 0 fully saturated rings. The number of para-hydroxylation sites is 1. The fourth-order valence-electron chi connectivity index (χ4n) is 1.88. The molecular formula is C14H10FN5O. The van der Waals surface area contributed by atoms with Gasteiger partial charge < -0.3 is 5.32 Å². The highest BCUT2D eigenvalue weighted by molar-refractivity contribution is 6.06. The molecule has 0 aliphatic heterocycles. The summed E-state index contributed by atoms with van der Waals surface area (Å²) in [6.07, 6.45) is 1.30. The number of nitrogens with one attached hydrogen (secondary N) is 1. The van der Waals surface area contributed by atoms with Gasteiger partial charge in [-0.3, -0.25) is 4.79 Å². The van der Waals surface area contributed by atoms with Crippen LogP contribution in [0.25, 0.3) is 5.69 Å². The van der Waals surface area contributed by atoms with Crippen LogP contribution in [-0.2, 0) is 0 Å². The van der Waals surface area contributed by atoms with E-state index in [1.54, 1.807) is 12.1 Å². The molecule has 2 aromatic carbocycles. The molecule has 1 aromatic heterocycles. The first kappa shape index (κ1) is 12.9. The maximum atomic E-state index is 13.4. The van der Waals surface area contributed by atoms with Crippen molar-refractivity contribution in [2.45, 2.75) is 0 Å². The fourth-order valence-corrected chi connectivity index (χ4v) is 1.88. The summed E-state index contributed by atoms with van der Waals surface area (Å²) in [7, 11) is 0. The third-order valence-electron chi connectivity index (χ3n) is 2.83. The summed E-state index contributed by atoms with van der Waals surface area (Å²) < 4.78 is 14.7. The standard InChI is InChI=1S/C14H10FN5O/c15-10-6-7-12(13(8-10)20-9-16-18-19-20)14(21)17-11-4-2-1-3-5-11/h1-9H,(H,17,21). The lowest BCUT2D eigenvalue weighted by atomic mass is 10.1. The lowest BCUT2D eigenvalue weighted by Crippen LogP contribution is -2.15. The van der Waals surface area contributed by atoms with E-state index in [4.69, 9.17) is 0 Å². The van der Waals surface area contributed by atoms with Crippen LogP contribution in [0, 0.1) is 5.82 Å². The van der Waals surface area contributed by atoms with Crippen molar-refractivity contribution in [3.63, 3.8) is 0 Å². The van der Waals surface area contributed by atoms with Crippen molar-refractivity contribution < 1.29 is 9.18 Å². The average Bonchev–Trinajstić information content (AvgIpc) is 3.02. The summed E-state index contributed by atoms with van der Waals surface area (Å²) in [5.74, 6) is -0.844. The molecule has 0 spiro atoms. The first-order valence-corrected chi connectivity index (χ1v) is 6.13. The number of hydrogen-bond acceptors (Lipinski definition) is 4. The summed E-state index contributed by atoms with van der Waals surface area (Å²) in [6, 6.07) is 12.8. The Morgan fingerprint density at radius 1 is 1.14 bits per heavy atom. The maximum absolute atomic E-state index is 13.4. The van der Waals surface area contributed by atoms with E-state index in [0.29, 0.717) is 5.69 Å². The van der Waals surface area contributed by atoms with Crippen LogP contribution in [0.3, 0.4) is 0 Å². The van der Waals surface area contributed by atoms with Gasteiger partial charge in [0.05, 0.1) is 11.3 Å². The molecule has 0 aliphatic rings. The number of amides is 1. The van der Waals surface area contributed by atoms with E-state index >= 15 is 0 Å². The molecule has 1 heterocycles. The summed E-state index contributed by atoms with van der Waals surface area (Å²) in [6.45, 7) is 0. The maximum Gasteiger partial charge on any atom is 0.257 e. The Balaban J connectivity index is 1.97. The third kappa shape index (κ3) is 2.76. The molecule has 3 aromatic rings. The highest BCUT2D eigenvalue weighted by Gasteiger charge is 2.15. The molecule has 0 radical (unpaired) electrons. The van der Waals surface area contributed by atoms with Crippen LogP contribution in [0.1, 0.15) is 10.4 Å². The number of benzene rings is 2. The first-order chi connectivity index (χ1) is 10.2. The average molecular weight is 283 g/mol. The van der Waals surface area contributed by atoms with Crippen molar-refractivity contribution in [3.05, 3.63) is 66.2 Å². The number of hydrogen-bond donors (Lipinski definition) is 1. The van der Waals surface area contributed by atoms with Gasteiger partial charge in [-0.2, -0.15) is 4.68 Å². The minimum absolute atomic E-state index is 0.271. The van der Waals surface area contributed by atoms with E-state index in [0.717, 1.165) is 0 Å². The zero-order chi connectivity index (χ0) is 14.7. The number of carbonyl (C=O) groups is 1. The molecule has 21 heavy (non-hydrogen) atoms. The molecule has 3 rings (SSSR count). The van der Waals surface area contributed by atoms with Crippen LogP contribution in [0.4, 0.5) is 10.1 Å². The second-order valence-electron chi connectivity index (χ2n) is 4.24. The normalized spacial score (nSPS) is 10.3. The van der Waals surface area contributed by atoms with Crippen molar-refractivity contribution in [3.8, 4) is 5.69 Å². The molecule has 1 N–H and O–H groups in total. The van der Waals surface area contributed by atoms with Crippen molar-refractivity contribution in [1.82, 2.24) is 20.2 Å². The minimum atomic E-state index is -0.475. The molecule has 0 bridgehead atoms. The molecule has 0 saturated heterocycles. The minimum Gasteiger partial charge on any atom is -0.322 e. The van der Waals surface area contributed by atoms with Gasteiger partial charge in [0, 0.05) is 11.8 Å². The third-order valence-corrected chi connectivity index (χ3v) is 2.83. The topological polar surface area (TPSA) is 72.7 Å². The number of nitrogens with zero attached hydrogens (tertiary/aromatic N) is 4. The van der Waals surface area contributed by atoms with Gasteiger partial charge in [-0.05, 0) is 34.7 Å². The van der Waals surface area contributed by atoms with Crippen molar-refractivity contribution in [2.75, 3.05) is 5.32 Å². The van der Waals surface area contributed by atoms with E-state index in [-0.39, 0.29) is 17.2 Å². The highest BCUT2D eigenvalue weighted by Crippen LogP contribution is 2.17. The number of aromatic nitrogens is 4. The van der Waals surface area contributed by atoms with Crippen molar-refractivity contribution in [2.24, 2.45) is 0 Å². The Morgan fingerprint density at radius 2 is 1.95 bits per heavy atom. The Morgan fingerprint density at radius 3 is 2.67 bits per heavy atom. The molecule has 6 nitrogen and oxygen atoms in total. The lowest BCUT2D eigenvalue weighted by molar-refractivity contribution is 0.102. The van der Waals surface area contributed by atoms with Crippen LogP contribution in [0.5, 0.6) is 0 Å². The molecule has 0 atom stereocenters. The predicted molar refractivity (Wildman–Crippen MR) is 73.5 cm³/mol. The summed E-state index contributed by atoms with van der Waals surface area (Å²) in [5.41, 5.74) is 1.19. The SMILES string of the molecule is O=C(Nc1ccccc1)c1ccc(F)cc1-n1cnnn1. The van der Waals surface area contributed by atoms with E-state index in [1.807, 2.05) is 18.2 Å². The van der Waals surface area contributed by atoms with Gasteiger partial charge in [-0.15, -0.1) is 5.10 Å². The molecule has 0 saturated carbocycles. The molecular weight excluding hydrogens is 273 g/mol. The van der Waals surface area contributed by atoms with Crippen LogP contribution >= 0.6 is 0 Å². The molecule has 0 unspecified atom stereocenters. The number of anilines is 1. The van der Waals surface area contributed by atoms with E-state index in [9.17, 15) is 9.18 Å². The Bertz CT molecular complexity index is 758. The van der Waals surface area contributed by atoms with Crippen LogP contribution in [-0.4, -0.2) is 26.1 Å².